The van der Waals surface area contributed by atoms with Crippen molar-refractivity contribution in [1.82, 2.24) is 0 Å². The average molecular weight is 439 g/mol. The van der Waals surface area contributed by atoms with E-state index in [1.807, 2.05) is 0 Å². The minimum atomic E-state index is 1.10. The van der Waals surface area contributed by atoms with Crippen LogP contribution in [0, 0.1) is 0 Å². The van der Waals surface area contributed by atoms with Gasteiger partial charge in [0.05, 0.1) is 0 Å². The lowest BCUT2D eigenvalue weighted by molar-refractivity contribution is 0.690. The van der Waals surface area contributed by atoms with E-state index in [1.165, 1.54) is 74.3 Å². The first-order valence-corrected chi connectivity index (χ1v) is 12.6. The summed E-state index contributed by atoms with van der Waals surface area (Å²) >= 11 is 0. The maximum absolute atomic E-state index is 2.35. The Labute approximate surface area is 201 Å². The molecule has 0 spiro atoms. The predicted octanol–water partition coefficient (Wildman–Crippen LogP) is 9.43. The van der Waals surface area contributed by atoms with Crippen LogP contribution in [0.3, 0.4) is 0 Å². The standard InChI is InChI=1S/C18H16.C16H14/c1-3-7-15-13(5-1)9-11-18-16-8-4-2-6-14(16)10-12-17(15)18;1-2-12-7-8-15-10-13-5-3-4-6-14(13)11-16(15)9-12/h1,3,5,7,9-12H,2,4,6,8H2;3-11H,2H2,1H3. The molecule has 166 valence electrons. The Morgan fingerprint density at radius 1 is 0.500 bits per heavy atom. The van der Waals surface area contributed by atoms with E-state index in [4.69, 9.17) is 0 Å². The second-order valence-electron chi connectivity index (χ2n) is 9.53. The molecule has 0 N–H and O–H groups in total. The third-order valence-corrected chi connectivity index (χ3v) is 7.43. The van der Waals surface area contributed by atoms with E-state index < -0.39 is 0 Å². The zero-order valence-electron chi connectivity index (χ0n) is 19.9. The van der Waals surface area contributed by atoms with Crippen LogP contribution < -0.4 is 0 Å². The van der Waals surface area contributed by atoms with Crippen molar-refractivity contribution in [3.8, 4) is 0 Å². The van der Waals surface area contributed by atoms with Crippen LogP contribution in [-0.2, 0) is 19.3 Å². The molecule has 0 fully saturated rings. The minimum Gasteiger partial charge on any atom is -0.0616 e. The molecule has 0 atom stereocenters. The van der Waals surface area contributed by atoms with E-state index in [9.17, 15) is 0 Å². The van der Waals surface area contributed by atoms with Gasteiger partial charge >= 0.3 is 0 Å². The third kappa shape index (κ3) is 3.84. The molecule has 0 saturated carbocycles. The summed E-state index contributed by atoms with van der Waals surface area (Å²) in [6.45, 7) is 2.20. The van der Waals surface area contributed by atoms with E-state index in [-0.39, 0.29) is 0 Å². The number of fused-ring (bicyclic) bond motifs is 7. The fraction of sp³-hybridized carbons (Fsp3) is 0.176. The smallest absolute Gasteiger partial charge is 0.0102 e. The molecule has 1 aliphatic carbocycles. The van der Waals surface area contributed by atoms with Gasteiger partial charge in [-0.05, 0) is 104 Å². The zero-order chi connectivity index (χ0) is 22.9. The van der Waals surface area contributed by atoms with Gasteiger partial charge in [0.2, 0.25) is 0 Å². The van der Waals surface area contributed by atoms with E-state index >= 15 is 0 Å². The Kier molecular flexibility index (Phi) is 5.51. The molecule has 0 bridgehead atoms. The van der Waals surface area contributed by atoms with Crippen LogP contribution >= 0.6 is 0 Å². The van der Waals surface area contributed by atoms with Gasteiger partial charge in [-0.15, -0.1) is 0 Å². The van der Waals surface area contributed by atoms with Crippen LogP contribution in [0.4, 0.5) is 0 Å². The Hall–Kier alpha value is -3.64. The molecule has 6 aromatic rings. The third-order valence-electron chi connectivity index (χ3n) is 7.43. The monoisotopic (exact) mass is 438 g/mol. The highest BCUT2D eigenvalue weighted by Gasteiger charge is 2.13. The largest absolute Gasteiger partial charge is 0.0616 e. The molecular formula is C34H30. The van der Waals surface area contributed by atoms with Gasteiger partial charge in [-0.1, -0.05) is 97.9 Å². The van der Waals surface area contributed by atoms with Crippen molar-refractivity contribution in [3.63, 3.8) is 0 Å². The fourth-order valence-electron chi connectivity index (χ4n) is 5.55. The average Bonchev–Trinajstić information content (AvgIpc) is 2.91. The molecule has 0 heterocycles. The van der Waals surface area contributed by atoms with Crippen molar-refractivity contribution in [3.05, 3.63) is 120 Å². The maximum atomic E-state index is 2.35. The molecule has 1 aliphatic rings. The molecule has 0 heteroatoms. The summed E-state index contributed by atoms with van der Waals surface area (Å²) in [6, 6.07) is 37.8. The highest BCUT2D eigenvalue weighted by molar-refractivity contribution is 6.08. The molecule has 0 unspecified atom stereocenters. The summed E-state index contributed by atoms with van der Waals surface area (Å²) in [5.41, 5.74) is 4.58. The molecule has 0 nitrogen and oxygen atoms in total. The zero-order valence-corrected chi connectivity index (χ0v) is 19.9. The molecule has 7 rings (SSSR count). The molecule has 0 aliphatic heterocycles. The van der Waals surface area contributed by atoms with Crippen LogP contribution in [0.2, 0.25) is 0 Å². The first-order valence-electron chi connectivity index (χ1n) is 12.6. The lowest BCUT2D eigenvalue weighted by atomic mass is 9.86. The quantitative estimate of drug-likeness (QED) is 0.177. The second-order valence-corrected chi connectivity index (χ2v) is 9.53. The normalized spacial score (nSPS) is 13.1. The Balaban J connectivity index is 0.000000129. The molecule has 6 aromatic carbocycles. The summed E-state index contributed by atoms with van der Waals surface area (Å²) in [5.74, 6) is 0. The van der Waals surface area contributed by atoms with Gasteiger partial charge in [0.25, 0.3) is 0 Å². The highest BCUT2D eigenvalue weighted by Crippen LogP contribution is 2.33. The van der Waals surface area contributed by atoms with Crippen molar-refractivity contribution in [2.24, 2.45) is 0 Å². The van der Waals surface area contributed by atoms with Crippen LogP contribution in [0.15, 0.2) is 103 Å². The first kappa shape index (κ1) is 20.9. The molecule has 0 saturated heterocycles. The number of hydrogen-bond donors (Lipinski definition) is 0. The van der Waals surface area contributed by atoms with Gasteiger partial charge < -0.3 is 0 Å². The van der Waals surface area contributed by atoms with Gasteiger partial charge in [0.1, 0.15) is 0 Å². The summed E-state index contributed by atoms with van der Waals surface area (Å²) in [6.07, 6.45) is 6.32. The van der Waals surface area contributed by atoms with Gasteiger partial charge in [-0.2, -0.15) is 0 Å². The van der Waals surface area contributed by atoms with E-state index in [0.29, 0.717) is 0 Å². The summed E-state index contributed by atoms with van der Waals surface area (Å²) in [7, 11) is 0. The van der Waals surface area contributed by atoms with Crippen molar-refractivity contribution < 1.29 is 0 Å². The Morgan fingerprint density at radius 2 is 1.15 bits per heavy atom. The summed E-state index contributed by atoms with van der Waals surface area (Å²) in [5, 5.41) is 11.0. The predicted molar refractivity (Wildman–Crippen MR) is 149 cm³/mol. The number of aryl methyl sites for hydroxylation is 3. The Bertz CT molecular complexity index is 1640. The van der Waals surface area contributed by atoms with Crippen molar-refractivity contribution in [2.45, 2.75) is 39.0 Å². The van der Waals surface area contributed by atoms with Crippen molar-refractivity contribution in [1.29, 1.82) is 0 Å². The lowest BCUT2D eigenvalue weighted by Gasteiger charge is -2.18. The van der Waals surface area contributed by atoms with E-state index in [1.54, 1.807) is 11.1 Å². The lowest BCUT2D eigenvalue weighted by Crippen LogP contribution is -2.02. The van der Waals surface area contributed by atoms with Gasteiger partial charge in [-0.25, -0.2) is 0 Å². The molecule has 0 radical (unpaired) electrons. The summed E-state index contributed by atoms with van der Waals surface area (Å²) in [4.78, 5) is 0. The van der Waals surface area contributed by atoms with Crippen LogP contribution in [-0.4, -0.2) is 0 Å². The van der Waals surface area contributed by atoms with Crippen LogP contribution in [0.5, 0.6) is 0 Å². The molecule has 0 amide bonds. The summed E-state index contributed by atoms with van der Waals surface area (Å²) < 4.78 is 0. The SMILES string of the molecule is CCc1ccc2cc3ccccc3cc2c1.c1ccc2c(c1)ccc1c3c(ccc12)CCCC3. The minimum absolute atomic E-state index is 1.10. The van der Waals surface area contributed by atoms with Gasteiger partial charge in [0, 0.05) is 0 Å². The topological polar surface area (TPSA) is 0 Å². The van der Waals surface area contributed by atoms with E-state index in [2.05, 4.69) is 110 Å². The van der Waals surface area contributed by atoms with Crippen LogP contribution in [0.1, 0.15) is 36.5 Å². The van der Waals surface area contributed by atoms with E-state index in [0.717, 1.165) is 6.42 Å². The first-order chi connectivity index (χ1) is 16.8. The Morgan fingerprint density at radius 3 is 1.97 bits per heavy atom. The van der Waals surface area contributed by atoms with Crippen LogP contribution in [0.25, 0.3) is 43.1 Å². The van der Waals surface area contributed by atoms with Gasteiger partial charge in [-0.3, -0.25) is 0 Å². The molecule has 34 heavy (non-hydrogen) atoms. The number of benzene rings is 6. The number of hydrogen-bond acceptors (Lipinski definition) is 0. The highest BCUT2D eigenvalue weighted by atomic mass is 14.2. The fourth-order valence-corrected chi connectivity index (χ4v) is 5.55. The van der Waals surface area contributed by atoms with Crippen molar-refractivity contribution in [2.75, 3.05) is 0 Å². The molecular weight excluding hydrogens is 408 g/mol. The van der Waals surface area contributed by atoms with Crippen molar-refractivity contribution >= 4 is 43.1 Å². The maximum Gasteiger partial charge on any atom is -0.0102 e. The number of rotatable bonds is 1. The van der Waals surface area contributed by atoms with Gasteiger partial charge in [0.15, 0.2) is 0 Å². The second kappa shape index (κ2) is 8.95. The molecule has 0 aromatic heterocycles.